The monoisotopic (exact) mass is 260 g/mol. The molecule has 1 aromatic carbocycles. The molecule has 0 aliphatic heterocycles. The number of rotatable bonds is 5. The number of halogens is 2. The van der Waals surface area contributed by atoms with Gasteiger partial charge < -0.3 is 4.74 Å². The van der Waals surface area contributed by atoms with E-state index in [0.29, 0.717) is 17.1 Å². The zero-order valence-corrected chi connectivity index (χ0v) is 10.5. The summed E-state index contributed by atoms with van der Waals surface area (Å²) in [5, 5.41) is 0. The Morgan fingerprint density at radius 2 is 2.12 bits per heavy atom. The summed E-state index contributed by atoms with van der Waals surface area (Å²) >= 11 is 1.48. The predicted octanol–water partition coefficient (Wildman–Crippen LogP) is 3.01. The summed E-state index contributed by atoms with van der Waals surface area (Å²) in [6, 6.07) is 3.81. The van der Waals surface area contributed by atoms with Crippen LogP contribution >= 0.6 is 11.8 Å². The van der Waals surface area contributed by atoms with Crippen LogP contribution in [0.3, 0.4) is 0 Å². The van der Waals surface area contributed by atoms with Gasteiger partial charge in [-0.2, -0.15) is 11.8 Å². The molecule has 1 aromatic rings. The van der Waals surface area contributed by atoms with Crippen LogP contribution in [0.1, 0.15) is 12.5 Å². The molecule has 0 radical (unpaired) electrons. The van der Waals surface area contributed by atoms with Crippen molar-refractivity contribution in [3.63, 3.8) is 0 Å². The van der Waals surface area contributed by atoms with E-state index < -0.39 is 11.6 Å². The first-order valence-electron chi connectivity index (χ1n) is 5.14. The van der Waals surface area contributed by atoms with Gasteiger partial charge in [0.15, 0.2) is 11.6 Å². The van der Waals surface area contributed by atoms with Gasteiger partial charge in [0.2, 0.25) is 0 Å². The van der Waals surface area contributed by atoms with Crippen LogP contribution in [-0.4, -0.2) is 18.8 Å². The highest BCUT2D eigenvalue weighted by Crippen LogP contribution is 2.18. The van der Waals surface area contributed by atoms with Crippen molar-refractivity contribution in [1.82, 2.24) is 0 Å². The van der Waals surface area contributed by atoms with E-state index in [1.54, 1.807) is 6.92 Å². The molecule has 0 saturated carbocycles. The van der Waals surface area contributed by atoms with E-state index in [-0.39, 0.29) is 11.9 Å². The molecular formula is C12H14F2O2S. The van der Waals surface area contributed by atoms with Crippen LogP contribution in [0.4, 0.5) is 8.78 Å². The molecule has 0 amide bonds. The van der Waals surface area contributed by atoms with Gasteiger partial charge in [0.25, 0.3) is 0 Å². The van der Waals surface area contributed by atoms with Crippen LogP contribution in [0.2, 0.25) is 0 Å². The highest BCUT2D eigenvalue weighted by atomic mass is 32.2. The average molecular weight is 260 g/mol. The third-order valence-electron chi connectivity index (χ3n) is 2.22. The smallest absolute Gasteiger partial charge is 0.309 e. The van der Waals surface area contributed by atoms with Crippen LogP contribution in [0, 0.1) is 17.6 Å². The minimum Gasteiger partial charge on any atom is -0.469 e. The first-order valence-corrected chi connectivity index (χ1v) is 6.29. The Morgan fingerprint density at radius 1 is 1.41 bits per heavy atom. The molecule has 0 aliphatic rings. The maximum Gasteiger partial charge on any atom is 0.309 e. The lowest BCUT2D eigenvalue weighted by Crippen LogP contribution is -2.14. The van der Waals surface area contributed by atoms with Gasteiger partial charge in [0.1, 0.15) is 0 Å². The van der Waals surface area contributed by atoms with Crippen molar-refractivity contribution >= 4 is 17.7 Å². The predicted molar refractivity (Wildman–Crippen MR) is 63.7 cm³/mol. The van der Waals surface area contributed by atoms with Crippen LogP contribution < -0.4 is 0 Å². The molecule has 0 heterocycles. The molecule has 17 heavy (non-hydrogen) atoms. The summed E-state index contributed by atoms with van der Waals surface area (Å²) in [4.78, 5) is 11.1. The number of esters is 1. The van der Waals surface area contributed by atoms with Crippen molar-refractivity contribution in [3.8, 4) is 0 Å². The lowest BCUT2D eigenvalue weighted by Gasteiger charge is -2.08. The Kier molecular flexibility index (Phi) is 5.41. The van der Waals surface area contributed by atoms with Gasteiger partial charge in [-0.05, 0) is 17.7 Å². The maximum atomic E-state index is 12.9. The summed E-state index contributed by atoms with van der Waals surface area (Å²) in [5.74, 6) is -1.02. The number of methoxy groups -OCH3 is 1. The molecule has 2 nitrogen and oxygen atoms in total. The lowest BCUT2D eigenvalue weighted by molar-refractivity contribution is -0.143. The summed E-state index contributed by atoms with van der Waals surface area (Å²) in [5.41, 5.74) is 0.700. The number of thioether (sulfide) groups is 1. The third kappa shape index (κ3) is 4.34. The Bertz CT molecular complexity index is 396. The van der Waals surface area contributed by atoms with E-state index in [1.165, 1.54) is 31.0 Å². The van der Waals surface area contributed by atoms with E-state index in [2.05, 4.69) is 4.74 Å². The normalized spacial score (nSPS) is 12.2. The first kappa shape index (κ1) is 14.0. The van der Waals surface area contributed by atoms with Crippen LogP contribution in [0.5, 0.6) is 0 Å². The molecule has 0 aromatic heterocycles. The highest BCUT2D eigenvalue weighted by Gasteiger charge is 2.12. The van der Waals surface area contributed by atoms with Crippen LogP contribution in [0.25, 0.3) is 0 Å². The zero-order valence-electron chi connectivity index (χ0n) is 9.70. The molecule has 0 spiro atoms. The first-order chi connectivity index (χ1) is 8.04. The van der Waals surface area contributed by atoms with Crippen LogP contribution in [0.15, 0.2) is 18.2 Å². The molecule has 0 fully saturated rings. The number of hydrogen-bond donors (Lipinski definition) is 0. The van der Waals surface area contributed by atoms with Gasteiger partial charge in [-0.1, -0.05) is 13.0 Å². The standard InChI is InChI=1S/C12H14F2O2S/c1-8(12(15)16-2)6-17-7-9-3-4-10(13)11(14)5-9/h3-5,8H,6-7H2,1-2H3. The molecule has 1 unspecified atom stereocenters. The van der Waals surface area contributed by atoms with Gasteiger partial charge in [-0.25, -0.2) is 8.78 Å². The van der Waals surface area contributed by atoms with Crippen molar-refractivity contribution in [2.75, 3.05) is 12.9 Å². The van der Waals surface area contributed by atoms with Gasteiger partial charge in [0.05, 0.1) is 13.0 Å². The van der Waals surface area contributed by atoms with Crippen molar-refractivity contribution in [1.29, 1.82) is 0 Å². The molecule has 0 N–H and O–H groups in total. The Balaban J connectivity index is 2.40. The fourth-order valence-electron chi connectivity index (χ4n) is 1.25. The number of benzene rings is 1. The quantitative estimate of drug-likeness (QED) is 0.761. The lowest BCUT2D eigenvalue weighted by atomic mass is 10.2. The van der Waals surface area contributed by atoms with Gasteiger partial charge >= 0.3 is 5.97 Å². The number of hydrogen-bond acceptors (Lipinski definition) is 3. The second-order valence-electron chi connectivity index (χ2n) is 3.69. The minimum atomic E-state index is -0.846. The second kappa shape index (κ2) is 6.59. The highest BCUT2D eigenvalue weighted by molar-refractivity contribution is 7.98. The van der Waals surface area contributed by atoms with Crippen molar-refractivity contribution in [2.24, 2.45) is 5.92 Å². The minimum absolute atomic E-state index is 0.199. The fourth-order valence-corrected chi connectivity index (χ4v) is 2.27. The molecule has 0 bridgehead atoms. The van der Waals surface area contributed by atoms with Gasteiger partial charge in [-0.15, -0.1) is 0 Å². The van der Waals surface area contributed by atoms with Crippen molar-refractivity contribution in [2.45, 2.75) is 12.7 Å². The van der Waals surface area contributed by atoms with E-state index >= 15 is 0 Å². The Hall–Kier alpha value is -1.10. The molecule has 1 rings (SSSR count). The van der Waals surface area contributed by atoms with E-state index in [1.807, 2.05) is 0 Å². The summed E-state index contributed by atoms with van der Waals surface area (Å²) in [6.07, 6.45) is 0. The van der Waals surface area contributed by atoms with E-state index in [9.17, 15) is 13.6 Å². The summed E-state index contributed by atoms with van der Waals surface area (Å²) < 4.78 is 30.1. The van der Waals surface area contributed by atoms with Crippen molar-refractivity contribution < 1.29 is 18.3 Å². The maximum absolute atomic E-state index is 12.9. The van der Waals surface area contributed by atoms with Gasteiger partial charge in [-0.3, -0.25) is 4.79 Å². The molecule has 94 valence electrons. The fraction of sp³-hybridized carbons (Fsp3) is 0.417. The zero-order chi connectivity index (χ0) is 12.8. The molecule has 5 heteroatoms. The number of carbonyl (C=O) groups excluding carboxylic acids is 1. The number of ether oxygens (including phenoxy) is 1. The molecular weight excluding hydrogens is 246 g/mol. The molecule has 0 aliphatic carbocycles. The number of carbonyl (C=O) groups is 1. The van der Waals surface area contributed by atoms with Crippen molar-refractivity contribution in [3.05, 3.63) is 35.4 Å². The SMILES string of the molecule is COC(=O)C(C)CSCc1ccc(F)c(F)c1. The average Bonchev–Trinajstić information content (AvgIpc) is 2.32. The second-order valence-corrected chi connectivity index (χ2v) is 4.72. The van der Waals surface area contributed by atoms with E-state index in [0.717, 1.165) is 6.07 Å². The van der Waals surface area contributed by atoms with E-state index in [4.69, 9.17) is 0 Å². The van der Waals surface area contributed by atoms with Gasteiger partial charge in [0, 0.05) is 11.5 Å². The largest absolute Gasteiger partial charge is 0.469 e. The third-order valence-corrected chi connectivity index (χ3v) is 3.50. The Morgan fingerprint density at radius 3 is 2.71 bits per heavy atom. The molecule has 0 saturated heterocycles. The molecule has 1 atom stereocenters. The van der Waals surface area contributed by atoms with Crippen LogP contribution in [-0.2, 0) is 15.3 Å². The Labute approximate surface area is 103 Å². The topological polar surface area (TPSA) is 26.3 Å². The summed E-state index contributed by atoms with van der Waals surface area (Å²) in [6.45, 7) is 1.77. The summed E-state index contributed by atoms with van der Waals surface area (Å²) in [7, 11) is 1.35.